The van der Waals surface area contributed by atoms with Crippen LogP contribution < -0.4 is 0 Å². The van der Waals surface area contributed by atoms with Gasteiger partial charge in [-0.2, -0.15) is 0 Å². The van der Waals surface area contributed by atoms with Crippen molar-refractivity contribution >= 4 is 0 Å². The van der Waals surface area contributed by atoms with Crippen LogP contribution >= 0.6 is 0 Å². The highest BCUT2D eigenvalue weighted by Crippen LogP contribution is 2.65. The summed E-state index contributed by atoms with van der Waals surface area (Å²) in [5.41, 5.74) is 2.14. The van der Waals surface area contributed by atoms with Crippen molar-refractivity contribution in [2.24, 2.45) is 35.0 Å². The molecule has 0 bridgehead atoms. The normalized spacial score (nSPS) is 48.8. The first-order valence-corrected chi connectivity index (χ1v) is 11.8. The number of allylic oxidation sites excluding steroid dienone is 2. The Balaban J connectivity index is 1.26. The average molecular weight is 389 g/mol. The summed E-state index contributed by atoms with van der Waals surface area (Å²) in [6, 6.07) is 0. The third-order valence-electron chi connectivity index (χ3n) is 9.66. The summed E-state index contributed by atoms with van der Waals surface area (Å²) in [5.74, 6) is 3.05. The lowest BCUT2D eigenvalue weighted by Gasteiger charge is -2.54. The van der Waals surface area contributed by atoms with Crippen molar-refractivity contribution in [2.75, 3.05) is 26.4 Å². The molecule has 2 aliphatic heterocycles. The van der Waals surface area contributed by atoms with Gasteiger partial charge in [-0.1, -0.05) is 18.6 Å². The second-order valence-electron chi connectivity index (χ2n) is 10.8. The van der Waals surface area contributed by atoms with E-state index >= 15 is 0 Å². The van der Waals surface area contributed by atoms with Crippen molar-refractivity contribution in [2.45, 2.75) is 76.8 Å². The third-order valence-corrected chi connectivity index (χ3v) is 9.66. The van der Waals surface area contributed by atoms with Crippen LogP contribution in [0.2, 0.25) is 0 Å². The Hall–Kier alpha value is -0.420. The number of ether oxygens (including phenoxy) is 4. The van der Waals surface area contributed by atoms with Gasteiger partial charge in [-0.3, -0.25) is 0 Å². The Morgan fingerprint density at radius 3 is 2.36 bits per heavy atom. The van der Waals surface area contributed by atoms with Crippen molar-refractivity contribution < 1.29 is 18.9 Å². The minimum Gasteiger partial charge on any atom is -0.348 e. The van der Waals surface area contributed by atoms with Crippen molar-refractivity contribution in [1.82, 2.24) is 0 Å². The predicted molar refractivity (Wildman–Crippen MR) is 106 cm³/mol. The lowest BCUT2D eigenvalue weighted by Crippen LogP contribution is -2.50. The van der Waals surface area contributed by atoms with Gasteiger partial charge in [-0.15, -0.1) is 0 Å². The van der Waals surface area contributed by atoms with Gasteiger partial charge >= 0.3 is 0 Å². The van der Waals surface area contributed by atoms with E-state index in [1.165, 1.54) is 38.5 Å². The van der Waals surface area contributed by atoms with Gasteiger partial charge < -0.3 is 18.9 Å². The minimum absolute atomic E-state index is 0.234. The average Bonchev–Trinajstić information content (AvgIpc) is 3.40. The lowest BCUT2D eigenvalue weighted by atomic mass is 9.53. The molecule has 0 aromatic carbocycles. The fourth-order valence-corrected chi connectivity index (χ4v) is 8.48. The molecule has 6 unspecified atom stereocenters. The zero-order valence-electron chi connectivity index (χ0n) is 17.6. The molecule has 6 aliphatic rings. The molecule has 0 radical (unpaired) electrons. The molecule has 4 nitrogen and oxygen atoms in total. The maximum Gasteiger partial charge on any atom is 0.169 e. The van der Waals surface area contributed by atoms with Crippen LogP contribution in [0, 0.1) is 35.0 Å². The van der Waals surface area contributed by atoms with E-state index in [0.29, 0.717) is 11.3 Å². The Morgan fingerprint density at radius 2 is 1.57 bits per heavy atom. The van der Waals surface area contributed by atoms with E-state index < -0.39 is 0 Å². The highest BCUT2D eigenvalue weighted by Gasteiger charge is 2.60. The van der Waals surface area contributed by atoms with Crippen LogP contribution in [0.4, 0.5) is 0 Å². The molecule has 6 rings (SSSR count). The summed E-state index contributed by atoms with van der Waals surface area (Å²) in [6.07, 6.45) is 12.6. The highest BCUT2D eigenvalue weighted by atomic mass is 16.7. The molecule has 4 aliphatic carbocycles. The summed E-state index contributed by atoms with van der Waals surface area (Å²) in [5, 5.41) is 0. The second-order valence-corrected chi connectivity index (χ2v) is 10.8. The van der Waals surface area contributed by atoms with Crippen molar-refractivity contribution in [3.8, 4) is 0 Å². The van der Waals surface area contributed by atoms with Gasteiger partial charge in [0.05, 0.1) is 26.4 Å². The summed E-state index contributed by atoms with van der Waals surface area (Å²) >= 11 is 0. The SMILES string of the molecule is CC1(C2CCC3C4CCC5CC6(CCC5C4=CCC32C)OCCO6)OCCO1. The van der Waals surface area contributed by atoms with E-state index in [4.69, 9.17) is 18.9 Å². The van der Waals surface area contributed by atoms with Crippen LogP contribution in [-0.4, -0.2) is 38.0 Å². The van der Waals surface area contributed by atoms with Crippen molar-refractivity contribution in [3.63, 3.8) is 0 Å². The van der Waals surface area contributed by atoms with Gasteiger partial charge in [0.2, 0.25) is 0 Å². The zero-order valence-corrected chi connectivity index (χ0v) is 17.6. The third kappa shape index (κ3) is 2.50. The Bertz CT molecular complexity index is 660. The van der Waals surface area contributed by atoms with Gasteiger partial charge in [0.15, 0.2) is 11.6 Å². The zero-order chi connectivity index (χ0) is 19.0. The lowest BCUT2D eigenvalue weighted by molar-refractivity contribution is -0.209. The minimum atomic E-state index is -0.361. The first kappa shape index (κ1) is 18.4. The predicted octanol–water partition coefficient (Wildman–Crippen LogP) is 4.68. The maximum atomic E-state index is 6.14. The van der Waals surface area contributed by atoms with Crippen LogP contribution in [0.25, 0.3) is 0 Å². The molecule has 2 saturated heterocycles. The molecule has 0 amide bonds. The summed E-state index contributed by atoms with van der Waals surface area (Å²) in [6.45, 7) is 7.83. The van der Waals surface area contributed by atoms with Gasteiger partial charge in [-0.25, -0.2) is 0 Å². The molecule has 6 atom stereocenters. The number of hydrogen-bond acceptors (Lipinski definition) is 4. The van der Waals surface area contributed by atoms with Gasteiger partial charge in [0.1, 0.15) is 0 Å². The van der Waals surface area contributed by atoms with E-state index in [9.17, 15) is 0 Å². The van der Waals surface area contributed by atoms with E-state index in [1.54, 1.807) is 0 Å². The first-order valence-electron chi connectivity index (χ1n) is 11.8. The molecule has 1 spiro atoms. The van der Waals surface area contributed by atoms with Gasteiger partial charge in [0, 0.05) is 18.8 Å². The number of fused-ring (bicyclic) bond motifs is 5. The quantitative estimate of drug-likeness (QED) is 0.611. The standard InChI is InChI=1S/C24H36O4/c1-22-9-7-18-17-8-10-24(27-13-14-28-24)15-16(17)3-4-19(18)20(22)5-6-21(22)23(2)25-11-12-26-23/h7,16-17,19-21H,3-6,8-15H2,1-2H3. The Kier molecular flexibility index (Phi) is 4.12. The molecule has 0 aromatic rings. The van der Waals surface area contributed by atoms with E-state index in [-0.39, 0.29) is 11.6 Å². The molecule has 5 fully saturated rings. The van der Waals surface area contributed by atoms with Crippen LogP contribution in [-0.2, 0) is 18.9 Å². The Morgan fingerprint density at radius 1 is 0.821 bits per heavy atom. The largest absolute Gasteiger partial charge is 0.348 e. The van der Waals surface area contributed by atoms with Crippen LogP contribution in [0.1, 0.15) is 65.2 Å². The second kappa shape index (κ2) is 6.29. The van der Waals surface area contributed by atoms with E-state index in [0.717, 1.165) is 62.9 Å². The first-order chi connectivity index (χ1) is 13.5. The molecular weight excluding hydrogens is 352 g/mol. The molecular formula is C24H36O4. The fourth-order valence-electron chi connectivity index (χ4n) is 8.48. The van der Waals surface area contributed by atoms with E-state index in [1.807, 2.05) is 5.57 Å². The molecule has 0 N–H and O–H groups in total. The van der Waals surface area contributed by atoms with Crippen LogP contribution in [0.3, 0.4) is 0 Å². The molecule has 28 heavy (non-hydrogen) atoms. The van der Waals surface area contributed by atoms with Crippen LogP contribution in [0.15, 0.2) is 11.6 Å². The Labute approximate surface area is 169 Å². The van der Waals surface area contributed by atoms with E-state index in [2.05, 4.69) is 19.9 Å². The highest BCUT2D eigenvalue weighted by molar-refractivity contribution is 5.25. The topological polar surface area (TPSA) is 36.9 Å². The molecule has 2 heterocycles. The molecule has 3 saturated carbocycles. The van der Waals surface area contributed by atoms with Gasteiger partial charge in [0.25, 0.3) is 0 Å². The smallest absolute Gasteiger partial charge is 0.169 e. The molecule has 0 aromatic heterocycles. The van der Waals surface area contributed by atoms with Crippen molar-refractivity contribution in [1.29, 1.82) is 0 Å². The summed E-state index contributed by atoms with van der Waals surface area (Å²) in [4.78, 5) is 0. The van der Waals surface area contributed by atoms with Gasteiger partial charge in [-0.05, 0) is 74.5 Å². The maximum absolute atomic E-state index is 6.14. The monoisotopic (exact) mass is 388 g/mol. The fraction of sp³-hybridized carbons (Fsp3) is 0.917. The number of hydrogen-bond donors (Lipinski definition) is 0. The van der Waals surface area contributed by atoms with Crippen molar-refractivity contribution in [3.05, 3.63) is 11.6 Å². The molecule has 156 valence electrons. The summed E-state index contributed by atoms with van der Waals surface area (Å²) in [7, 11) is 0. The number of rotatable bonds is 1. The summed E-state index contributed by atoms with van der Waals surface area (Å²) < 4.78 is 24.4. The molecule has 4 heteroatoms. The van der Waals surface area contributed by atoms with Crippen LogP contribution in [0.5, 0.6) is 0 Å².